The van der Waals surface area contributed by atoms with E-state index < -0.39 is 6.04 Å². The molecule has 0 fully saturated rings. The van der Waals surface area contributed by atoms with Crippen molar-refractivity contribution in [2.45, 2.75) is 26.8 Å². The Bertz CT molecular complexity index is 785. The predicted octanol–water partition coefficient (Wildman–Crippen LogP) is 3.04. The fraction of sp³-hybridized carbons (Fsp3) is 0.211. The van der Waals surface area contributed by atoms with E-state index in [-0.39, 0.29) is 17.7 Å². The number of carbonyl (C=O) groups is 3. The van der Waals surface area contributed by atoms with Crippen LogP contribution in [0.15, 0.2) is 48.5 Å². The summed E-state index contributed by atoms with van der Waals surface area (Å²) < 4.78 is 0. The molecule has 2 aromatic carbocycles. The second-order valence-corrected chi connectivity index (χ2v) is 5.87. The molecule has 0 aliphatic heterocycles. The monoisotopic (exact) mass is 354 g/mol. The maximum atomic E-state index is 12.3. The van der Waals surface area contributed by atoms with Gasteiger partial charge in [-0.2, -0.15) is 0 Å². The summed E-state index contributed by atoms with van der Waals surface area (Å²) in [6.07, 6.45) is 0. The van der Waals surface area contributed by atoms with Gasteiger partial charge in [-0.1, -0.05) is 0 Å². The second kappa shape index (κ2) is 8.66. The summed E-state index contributed by atoms with van der Waals surface area (Å²) in [7, 11) is 0. The minimum atomic E-state index is -0.461. The van der Waals surface area contributed by atoms with E-state index in [0.29, 0.717) is 17.1 Å². The lowest BCUT2D eigenvalue weighted by molar-refractivity contribution is -0.117. The summed E-state index contributed by atoms with van der Waals surface area (Å²) in [5, 5.41) is 11.3. The van der Waals surface area contributed by atoms with Crippen LogP contribution >= 0.6 is 0 Å². The molecular weight excluding hydrogens is 332 g/mol. The molecule has 3 amide bonds. The molecule has 26 heavy (non-hydrogen) atoms. The molecule has 136 valence electrons. The van der Waals surface area contributed by atoms with Gasteiger partial charge < -0.3 is 21.3 Å². The fourth-order valence-corrected chi connectivity index (χ4v) is 2.26. The summed E-state index contributed by atoms with van der Waals surface area (Å²) in [5.41, 5.74) is 2.77. The molecule has 0 radical (unpaired) electrons. The molecule has 0 saturated heterocycles. The van der Waals surface area contributed by atoms with E-state index in [1.807, 2.05) is 0 Å². The van der Waals surface area contributed by atoms with Gasteiger partial charge in [0.2, 0.25) is 17.7 Å². The van der Waals surface area contributed by atoms with Crippen LogP contribution in [0, 0.1) is 0 Å². The molecule has 0 heterocycles. The van der Waals surface area contributed by atoms with Gasteiger partial charge in [0.05, 0.1) is 0 Å². The highest BCUT2D eigenvalue weighted by Crippen LogP contribution is 2.16. The number of hydrogen-bond acceptors (Lipinski definition) is 4. The minimum Gasteiger partial charge on any atom is -0.374 e. The summed E-state index contributed by atoms with van der Waals surface area (Å²) in [5.74, 6) is -0.477. The maximum Gasteiger partial charge on any atom is 0.246 e. The van der Waals surface area contributed by atoms with Gasteiger partial charge in [0.15, 0.2) is 0 Å². The van der Waals surface area contributed by atoms with E-state index in [2.05, 4.69) is 21.3 Å². The molecule has 0 bridgehead atoms. The number of hydrogen-bond donors (Lipinski definition) is 4. The third kappa shape index (κ3) is 5.94. The highest BCUT2D eigenvalue weighted by molar-refractivity contribution is 5.97. The van der Waals surface area contributed by atoms with Crippen molar-refractivity contribution in [1.29, 1.82) is 0 Å². The molecule has 2 aromatic rings. The van der Waals surface area contributed by atoms with Gasteiger partial charge in [-0.3, -0.25) is 14.4 Å². The molecule has 0 aliphatic carbocycles. The molecular formula is C19H22N4O3. The summed E-state index contributed by atoms with van der Waals surface area (Å²) in [6.45, 7) is 4.63. The zero-order valence-electron chi connectivity index (χ0n) is 14.9. The third-order valence-electron chi connectivity index (χ3n) is 3.45. The number of benzene rings is 2. The number of carbonyl (C=O) groups excluding carboxylic acids is 3. The van der Waals surface area contributed by atoms with Crippen LogP contribution in [0.25, 0.3) is 0 Å². The molecule has 1 atom stereocenters. The van der Waals surface area contributed by atoms with Crippen LogP contribution in [-0.2, 0) is 14.4 Å². The summed E-state index contributed by atoms with van der Waals surface area (Å²) in [6, 6.07) is 13.5. The smallest absolute Gasteiger partial charge is 0.246 e. The van der Waals surface area contributed by atoms with Crippen molar-refractivity contribution >= 4 is 40.5 Å². The van der Waals surface area contributed by atoms with Gasteiger partial charge in [0.1, 0.15) is 6.04 Å². The lowest BCUT2D eigenvalue weighted by Crippen LogP contribution is -2.31. The molecule has 0 aliphatic rings. The molecule has 2 rings (SSSR count). The first-order valence-electron chi connectivity index (χ1n) is 8.16. The van der Waals surface area contributed by atoms with Crippen molar-refractivity contribution in [3.05, 3.63) is 48.5 Å². The largest absolute Gasteiger partial charge is 0.374 e. The molecule has 0 unspecified atom stereocenters. The van der Waals surface area contributed by atoms with Crippen LogP contribution in [0.5, 0.6) is 0 Å². The SMILES string of the molecule is CC(=O)Nc1ccc(NC(=O)[C@H](C)Nc2ccc(NC(C)=O)cc2)cc1. The van der Waals surface area contributed by atoms with Crippen LogP contribution in [0.4, 0.5) is 22.7 Å². The minimum absolute atomic E-state index is 0.136. The standard InChI is InChI=1S/C19H22N4O3/c1-12(20-15-4-6-16(7-5-15)21-13(2)24)19(26)23-18-10-8-17(9-11-18)22-14(3)25/h4-12,20H,1-3H3,(H,21,24)(H,22,25)(H,23,26)/t12-/m0/s1. The Kier molecular flexibility index (Phi) is 6.32. The van der Waals surface area contributed by atoms with E-state index >= 15 is 0 Å². The lowest BCUT2D eigenvalue weighted by atomic mass is 10.2. The van der Waals surface area contributed by atoms with Crippen molar-refractivity contribution in [3.63, 3.8) is 0 Å². The topological polar surface area (TPSA) is 99.3 Å². The number of amides is 3. The Morgan fingerprint density at radius 2 is 1.00 bits per heavy atom. The van der Waals surface area contributed by atoms with Gasteiger partial charge in [0.25, 0.3) is 0 Å². The van der Waals surface area contributed by atoms with Gasteiger partial charge in [-0.05, 0) is 55.5 Å². The third-order valence-corrected chi connectivity index (χ3v) is 3.45. The first-order valence-corrected chi connectivity index (χ1v) is 8.16. The van der Waals surface area contributed by atoms with E-state index in [1.165, 1.54) is 13.8 Å². The summed E-state index contributed by atoms with van der Waals surface area (Å²) in [4.78, 5) is 34.3. The van der Waals surface area contributed by atoms with E-state index in [4.69, 9.17) is 0 Å². The van der Waals surface area contributed by atoms with Gasteiger partial charge in [-0.25, -0.2) is 0 Å². The van der Waals surface area contributed by atoms with Crippen molar-refractivity contribution in [1.82, 2.24) is 0 Å². The van der Waals surface area contributed by atoms with Crippen molar-refractivity contribution in [2.24, 2.45) is 0 Å². The first kappa shape index (κ1) is 19.0. The molecule has 0 saturated carbocycles. The normalized spacial score (nSPS) is 11.2. The Morgan fingerprint density at radius 3 is 1.38 bits per heavy atom. The summed E-state index contributed by atoms with van der Waals surface area (Å²) >= 11 is 0. The molecule has 0 spiro atoms. The Morgan fingerprint density at radius 1 is 0.654 bits per heavy atom. The second-order valence-electron chi connectivity index (χ2n) is 5.87. The Balaban J connectivity index is 1.90. The highest BCUT2D eigenvalue weighted by atomic mass is 16.2. The average Bonchev–Trinajstić information content (AvgIpc) is 2.57. The van der Waals surface area contributed by atoms with Gasteiger partial charge in [0, 0.05) is 36.6 Å². The van der Waals surface area contributed by atoms with Crippen LogP contribution in [0.3, 0.4) is 0 Å². The van der Waals surface area contributed by atoms with Gasteiger partial charge >= 0.3 is 0 Å². The fourth-order valence-electron chi connectivity index (χ4n) is 2.26. The first-order chi connectivity index (χ1) is 12.3. The van der Waals surface area contributed by atoms with Crippen molar-refractivity contribution in [2.75, 3.05) is 21.3 Å². The van der Waals surface area contributed by atoms with Gasteiger partial charge in [-0.15, -0.1) is 0 Å². The van der Waals surface area contributed by atoms with E-state index in [1.54, 1.807) is 55.5 Å². The molecule has 7 nitrogen and oxygen atoms in total. The number of rotatable bonds is 6. The highest BCUT2D eigenvalue weighted by Gasteiger charge is 2.13. The Hall–Kier alpha value is -3.35. The predicted molar refractivity (Wildman–Crippen MR) is 103 cm³/mol. The van der Waals surface area contributed by atoms with Crippen molar-refractivity contribution < 1.29 is 14.4 Å². The van der Waals surface area contributed by atoms with E-state index in [0.717, 1.165) is 5.69 Å². The Labute approximate surface area is 152 Å². The van der Waals surface area contributed by atoms with Crippen LogP contribution in [0.1, 0.15) is 20.8 Å². The lowest BCUT2D eigenvalue weighted by Gasteiger charge is -2.16. The molecule has 4 N–H and O–H groups in total. The van der Waals surface area contributed by atoms with Crippen LogP contribution in [0.2, 0.25) is 0 Å². The quantitative estimate of drug-likeness (QED) is 0.641. The van der Waals surface area contributed by atoms with E-state index in [9.17, 15) is 14.4 Å². The average molecular weight is 354 g/mol. The zero-order valence-corrected chi connectivity index (χ0v) is 14.9. The van der Waals surface area contributed by atoms with Crippen LogP contribution in [-0.4, -0.2) is 23.8 Å². The zero-order chi connectivity index (χ0) is 19.1. The number of nitrogens with one attached hydrogen (secondary N) is 4. The molecule has 7 heteroatoms. The number of anilines is 4. The maximum absolute atomic E-state index is 12.3. The van der Waals surface area contributed by atoms with Crippen LogP contribution < -0.4 is 21.3 Å². The van der Waals surface area contributed by atoms with Crippen molar-refractivity contribution in [3.8, 4) is 0 Å². The molecule has 0 aromatic heterocycles.